The van der Waals surface area contributed by atoms with Gasteiger partial charge in [0.2, 0.25) is 0 Å². The van der Waals surface area contributed by atoms with Gasteiger partial charge in [0.25, 0.3) is 20.2 Å². The fourth-order valence-corrected chi connectivity index (χ4v) is 10.2. The van der Waals surface area contributed by atoms with E-state index in [-0.39, 0.29) is 11.1 Å². The number of piperidine rings is 2. The second-order valence-electron chi connectivity index (χ2n) is 19.6. The van der Waals surface area contributed by atoms with E-state index in [1.807, 2.05) is 48.5 Å². The smallest absolute Gasteiger partial charge is 0.337 e. The van der Waals surface area contributed by atoms with Gasteiger partial charge in [-0.25, -0.2) is 35.6 Å². The zero-order valence-electron chi connectivity index (χ0n) is 44.6. The number of H-pyrrole nitrogens is 2. The first-order valence-electron chi connectivity index (χ1n) is 24.7. The highest BCUT2D eigenvalue weighted by Crippen LogP contribution is 2.38. The molecule has 0 radical (unpaired) electrons. The zero-order valence-corrected chi connectivity index (χ0v) is 47.9. The molecule has 0 unspecified atom stereocenters. The number of pyridine rings is 2. The van der Waals surface area contributed by atoms with Crippen LogP contribution in [0.4, 0.5) is 0 Å². The predicted molar refractivity (Wildman–Crippen MR) is 299 cm³/mol. The van der Waals surface area contributed by atoms with Gasteiger partial charge >= 0.3 is 11.9 Å². The summed E-state index contributed by atoms with van der Waals surface area (Å²) in [5.74, 6) is 1.13. The standard InChI is InChI=1S/C48H48N6O6.4CH4O3S/c1-59-33-3-5-41-35(25-33)43-39-27-53(17-11-31(39)23-37(47(55)56)45(43)49-41)21-19-51-13-7-29(8-14-51)30-9-15-52(16-10-30)20-22-54-18-12-32-24-38(48(57)58)46-44(40(32)28-54)36-26-34(60-2)4-6-42(36)50-46;4*1-5(2,3)4/h3-6,11-12,17-18,23-30H,7-10,13-16,19-22H2,1-2H3,(H2,55,56,57,58);4*1H3,(H,2,3,4). The van der Waals surface area contributed by atoms with Gasteiger partial charge in [-0.15, -0.1) is 0 Å². The number of nitrogens with zero attached hydrogens (tertiary/aromatic N) is 4. The normalized spacial score (nSPS) is 15.1. The van der Waals surface area contributed by atoms with Crippen LogP contribution in [0.5, 0.6) is 11.5 Å². The number of benzene rings is 4. The third-order valence-electron chi connectivity index (χ3n) is 13.5. The number of hydrogen-bond acceptors (Lipinski definition) is 16. The average Bonchev–Trinajstić information content (AvgIpc) is 3.94. The summed E-state index contributed by atoms with van der Waals surface area (Å²) in [5.41, 5.74) is 3.60. The van der Waals surface area contributed by atoms with Crippen molar-refractivity contribution in [1.29, 1.82) is 0 Å². The Kier molecular flexibility index (Phi) is 20.3. The lowest BCUT2D eigenvalue weighted by atomic mass is 9.79. The highest BCUT2D eigenvalue weighted by molar-refractivity contribution is 7.85. The molecule has 6 N–H and O–H groups in total. The molecular weight excluding hydrogens is 1120 g/mol. The van der Waals surface area contributed by atoms with Crippen LogP contribution in [0.15, 0.2) is 85.5 Å². The van der Waals surface area contributed by atoms with Crippen LogP contribution in [0.3, 0.4) is 0 Å². The molecule has 0 spiro atoms. The fraction of sp³-hybridized carbons (Fsp3) is 0.385. The van der Waals surface area contributed by atoms with Gasteiger partial charge in [-0.2, -0.15) is 16.8 Å². The van der Waals surface area contributed by atoms with E-state index < -0.39 is 52.4 Å². The summed E-state index contributed by atoms with van der Waals surface area (Å²) in [6.45, 7) is 8.18. The third-order valence-corrected chi connectivity index (χ3v) is 13.5. The van der Waals surface area contributed by atoms with Crippen LogP contribution in [0, 0.1) is 11.8 Å². The molecule has 24 nitrogen and oxygen atoms in total. The van der Waals surface area contributed by atoms with Gasteiger partial charge in [0.15, 0.2) is 37.9 Å². The third kappa shape index (κ3) is 18.2. The lowest BCUT2D eigenvalue weighted by Gasteiger charge is -2.39. The number of carboxylic acids is 2. The first-order chi connectivity index (χ1) is 37.2. The number of nitrogens with one attached hydrogen (secondary N) is 2. The number of aromatic carboxylic acids is 2. The summed E-state index contributed by atoms with van der Waals surface area (Å²) in [5, 5.41) is 27.7. The van der Waals surface area contributed by atoms with E-state index in [2.05, 4.69) is 53.7 Å². The molecular formula is C52H64N6O18S4. The monoisotopic (exact) mass is 1190 g/mol. The maximum Gasteiger partial charge on any atom is 0.337 e. The van der Waals surface area contributed by atoms with Crippen molar-refractivity contribution in [2.45, 2.75) is 38.8 Å². The molecule has 2 fully saturated rings. The van der Waals surface area contributed by atoms with Gasteiger partial charge in [0.1, 0.15) is 11.5 Å². The number of fused-ring (bicyclic) bond motifs is 10. The van der Waals surface area contributed by atoms with Crippen molar-refractivity contribution in [3.8, 4) is 11.5 Å². The largest absolute Gasteiger partial charge is 0.748 e. The lowest BCUT2D eigenvalue weighted by Crippen LogP contribution is -2.46. The van der Waals surface area contributed by atoms with Crippen LogP contribution in [0.1, 0.15) is 46.4 Å². The van der Waals surface area contributed by atoms with Crippen molar-refractivity contribution >= 4 is 118 Å². The van der Waals surface area contributed by atoms with Gasteiger partial charge < -0.3 is 38.8 Å². The van der Waals surface area contributed by atoms with Crippen LogP contribution in [0.25, 0.3) is 65.2 Å². The number of carboxylic acid groups (broad SMARTS) is 2. The molecule has 4 aromatic heterocycles. The molecule has 434 valence electrons. The Balaban J connectivity index is 0.000000445. The Hall–Kier alpha value is -6.60. The maximum absolute atomic E-state index is 12.3. The van der Waals surface area contributed by atoms with Crippen molar-refractivity contribution in [1.82, 2.24) is 19.8 Å². The van der Waals surface area contributed by atoms with E-state index >= 15 is 0 Å². The minimum atomic E-state index is -3.92. The molecule has 8 aromatic rings. The molecule has 10 rings (SSSR count). The minimum Gasteiger partial charge on any atom is -0.748 e. The molecule has 0 saturated carbocycles. The number of ether oxygens (including phenoxy) is 2. The van der Waals surface area contributed by atoms with Crippen LogP contribution < -0.4 is 18.6 Å². The first-order valence-corrected chi connectivity index (χ1v) is 32.1. The molecule has 2 aliphatic rings. The first kappa shape index (κ1) is 62.6. The van der Waals surface area contributed by atoms with Crippen molar-refractivity contribution < 1.29 is 90.3 Å². The second-order valence-corrected chi connectivity index (χ2v) is 25.4. The van der Waals surface area contributed by atoms with E-state index in [0.29, 0.717) is 36.1 Å². The van der Waals surface area contributed by atoms with E-state index in [9.17, 15) is 36.6 Å². The van der Waals surface area contributed by atoms with Gasteiger partial charge in [-0.1, -0.05) is 0 Å². The Bertz CT molecular complexity index is 3690. The average molecular weight is 1190 g/mol. The van der Waals surface area contributed by atoms with Crippen LogP contribution >= 0.6 is 0 Å². The number of hydrogen-bond donors (Lipinski definition) is 6. The molecule has 28 heteroatoms. The highest BCUT2D eigenvalue weighted by atomic mass is 32.2. The Morgan fingerprint density at radius 2 is 0.875 bits per heavy atom. The van der Waals surface area contributed by atoms with Gasteiger partial charge in [-0.05, 0) is 123 Å². The van der Waals surface area contributed by atoms with Crippen LogP contribution in [-0.4, -0.2) is 172 Å². The number of aromatic nitrogens is 4. The minimum absolute atomic E-state index is 0.272. The van der Waals surface area contributed by atoms with E-state index in [1.165, 1.54) is 25.7 Å². The number of likely N-dealkylation sites (tertiary alicyclic amines) is 2. The summed E-state index contributed by atoms with van der Waals surface area (Å²) < 4.78 is 122. The van der Waals surface area contributed by atoms with Crippen molar-refractivity contribution in [2.75, 3.05) is 78.5 Å². The number of rotatable bonds is 11. The quantitative estimate of drug-likeness (QED) is 0.0754. The Morgan fingerprint density at radius 1 is 0.562 bits per heavy atom. The molecule has 4 aromatic carbocycles. The topological polar surface area (TPSA) is 362 Å². The Labute approximate surface area is 462 Å². The number of methoxy groups -OCH3 is 2. The summed E-state index contributed by atoms with van der Waals surface area (Å²) in [7, 11) is -11.9. The molecule has 0 amide bonds. The Morgan fingerprint density at radius 3 is 1.16 bits per heavy atom. The molecule has 0 atom stereocenters. The second kappa shape index (κ2) is 25.9. The SMILES string of the molecule is COc1ccc2[nH]c3c(C(=O)O)cc4cc[n+](CCN5CCC(C6CCN(CC[n+]7ccc8cc(C(=O)O)c9[nH]c%10ccc(OC)cc%10c9c8c7)CC6)CC5)cc4c3c2c1.CS(=O)(=O)O.CS(=O)(=O)O.CS(=O)(=O)[O-].CS(=O)(=O)[O-]. The van der Waals surface area contributed by atoms with E-state index in [1.54, 1.807) is 26.4 Å². The van der Waals surface area contributed by atoms with Gasteiger partial charge in [0, 0.05) is 57.2 Å². The summed E-state index contributed by atoms with van der Waals surface area (Å²) in [6.07, 6.45) is 16.1. The van der Waals surface area contributed by atoms with E-state index in [0.717, 1.165) is 130 Å². The number of carbonyl (C=O) groups is 2. The van der Waals surface area contributed by atoms with Crippen molar-refractivity contribution in [3.63, 3.8) is 0 Å². The van der Waals surface area contributed by atoms with Gasteiger partial charge in [0.05, 0.1) is 93.0 Å². The zero-order chi connectivity index (χ0) is 59.1. The number of aromatic amines is 2. The molecule has 0 aliphatic carbocycles. The summed E-state index contributed by atoms with van der Waals surface area (Å²) >= 11 is 0. The predicted octanol–water partition coefficient (Wildman–Crippen LogP) is 4.71. The molecule has 2 saturated heterocycles. The lowest BCUT2D eigenvalue weighted by molar-refractivity contribution is -0.695. The summed E-state index contributed by atoms with van der Waals surface area (Å²) in [4.78, 5) is 36.5. The molecule has 80 heavy (non-hydrogen) atoms. The van der Waals surface area contributed by atoms with Crippen LogP contribution in [0.2, 0.25) is 0 Å². The fourth-order valence-electron chi connectivity index (χ4n) is 10.2. The van der Waals surface area contributed by atoms with Gasteiger partial charge in [-0.3, -0.25) is 18.9 Å². The highest BCUT2D eigenvalue weighted by Gasteiger charge is 2.30. The van der Waals surface area contributed by atoms with Crippen LogP contribution in [-0.2, 0) is 53.6 Å². The van der Waals surface area contributed by atoms with Crippen molar-refractivity contribution in [3.05, 3.63) is 96.6 Å². The van der Waals surface area contributed by atoms with E-state index in [4.69, 9.17) is 44.5 Å². The molecule has 2 aliphatic heterocycles. The maximum atomic E-state index is 12.3. The molecule has 0 bridgehead atoms. The molecule has 6 heterocycles. The van der Waals surface area contributed by atoms with Crippen molar-refractivity contribution in [2.24, 2.45) is 11.8 Å². The summed E-state index contributed by atoms with van der Waals surface area (Å²) in [6, 6.07) is 19.3.